The van der Waals surface area contributed by atoms with Gasteiger partial charge in [0.15, 0.2) is 0 Å². The average molecular weight is 242 g/mol. The van der Waals surface area contributed by atoms with Crippen LogP contribution in [0.5, 0.6) is 0 Å². The van der Waals surface area contributed by atoms with E-state index in [1.54, 1.807) is 12.3 Å². The van der Waals surface area contributed by atoms with Crippen molar-refractivity contribution in [2.24, 2.45) is 0 Å². The maximum atomic E-state index is 5.99. The maximum Gasteiger partial charge on any atom is 0.144 e. The van der Waals surface area contributed by atoms with E-state index in [4.69, 9.17) is 22.1 Å². The van der Waals surface area contributed by atoms with Crippen LogP contribution in [0.3, 0.4) is 0 Å². The number of rotatable bonds is 4. The van der Waals surface area contributed by atoms with Crippen LogP contribution in [0.1, 0.15) is 19.3 Å². The smallest absolute Gasteiger partial charge is 0.144 e. The Morgan fingerprint density at radius 2 is 2.50 bits per heavy atom. The second-order valence-corrected chi connectivity index (χ2v) is 4.36. The first-order valence-corrected chi connectivity index (χ1v) is 5.90. The molecule has 2 rings (SSSR count). The molecule has 0 aromatic carbocycles. The SMILES string of the molecule is Nc1cnc(NCCC2CCCO2)c(Cl)c1. The van der Waals surface area contributed by atoms with Crippen LogP contribution in [-0.2, 0) is 4.74 Å². The Morgan fingerprint density at radius 3 is 3.19 bits per heavy atom. The van der Waals surface area contributed by atoms with E-state index in [1.807, 2.05) is 0 Å². The van der Waals surface area contributed by atoms with Crippen LogP contribution in [0.2, 0.25) is 5.02 Å². The fraction of sp³-hybridized carbons (Fsp3) is 0.545. The second kappa shape index (κ2) is 5.37. The fourth-order valence-corrected chi connectivity index (χ4v) is 2.05. The third-order valence-corrected chi connectivity index (χ3v) is 2.93. The van der Waals surface area contributed by atoms with Crippen LogP contribution in [0, 0.1) is 0 Å². The molecule has 88 valence electrons. The quantitative estimate of drug-likeness (QED) is 0.849. The van der Waals surface area contributed by atoms with Gasteiger partial charge in [-0.2, -0.15) is 0 Å². The Morgan fingerprint density at radius 1 is 1.62 bits per heavy atom. The summed E-state index contributed by atoms with van der Waals surface area (Å²) in [5, 5.41) is 3.75. The molecule has 1 aromatic rings. The van der Waals surface area contributed by atoms with Gasteiger partial charge in [0.25, 0.3) is 0 Å². The van der Waals surface area contributed by atoms with Crippen molar-refractivity contribution in [2.45, 2.75) is 25.4 Å². The summed E-state index contributed by atoms with van der Waals surface area (Å²) in [6, 6.07) is 1.70. The minimum absolute atomic E-state index is 0.389. The molecule has 16 heavy (non-hydrogen) atoms. The summed E-state index contributed by atoms with van der Waals surface area (Å²) < 4.78 is 5.53. The summed E-state index contributed by atoms with van der Waals surface area (Å²) in [7, 11) is 0. The minimum atomic E-state index is 0.389. The van der Waals surface area contributed by atoms with Gasteiger partial charge in [0, 0.05) is 13.2 Å². The lowest BCUT2D eigenvalue weighted by Crippen LogP contribution is -2.13. The minimum Gasteiger partial charge on any atom is -0.397 e. The number of aromatic nitrogens is 1. The topological polar surface area (TPSA) is 60.2 Å². The van der Waals surface area contributed by atoms with Crippen molar-refractivity contribution in [2.75, 3.05) is 24.2 Å². The van der Waals surface area contributed by atoms with Gasteiger partial charge in [-0.05, 0) is 25.3 Å². The zero-order valence-electron chi connectivity index (χ0n) is 9.08. The van der Waals surface area contributed by atoms with E-state index in [2.05, 4.69) is 10.3 Å². The third kappa shape index (κ3) is 3.00. The van der Waals surface area contributed by atoms with Crippen LogP contribution in [0.15, 0.2) is 12.3 Å². The highest BCUT2D eigenvalue weighted by Gasteiger charge is 2.14. The number of nitrogen functional groups attached to an aromatic ring is 1. The molecule has 0 saturated carbocycles. The van der Waals surface area contributed by atoms with Gasteiger partial charge in [0.1, 0.15) is 5.82 Å². The highest BCUT2D eigenvalue weighted by Crippen LogP contribution is 2.21. The molecule has 1 aliphatic rings. The van der Waals surface area contributed by atoms with Crippen LogP contribution in [0.25, 0.3) is 0 Å². The standard InChI is InChI=1S/C11H16ClN3O/c12-10-6-8(13)7-15-11(10)14-4-3-9-2-1-5-16-9/h6-7,9H,1-5,13H2,(H,14,15). The van der Waals surface area contributed by atoms with E-state index in [-0.39, 0.29) is 0 Å². The second-order valence-electron chi connectivity index (χ2n) is 3.95. The van der Waals surface area contributed by atoms with E-state index in [9.17, 15) is 0 Å². The molecule has 1 atom stereocenters. The predicted octanol–water partition coefficient (Wildman–Crippen LogP) is 2.30. The lowest BCUT2D eigenvalue weighted by molar-refractivity contribution is 0.107. The van der Waals surface area contributed by atoms with Crippen molar-refractivity contribution in [1.29, 1.82) is 0 Å². The largest absolute Gasteiger partial charge is 0.397 e. The fourth-order valence-electron chi connectivity index (χ4n) is 1.81. The molecule has 0 radical (unpaired) electrons. The zero-order valence-corrected chi connectivity index (χ0v) is 9.83. The first-order chi connectivity index (χ1) is 7.75. The molecule has 0 spiro atoms. The summed E-state index contributed by atoms with van der Waals surface area (Å²) in [5.41, 5.74) is 6.14. The molecule has 2 heterocycles. The number of nitrogens with one attached hydrogen (secondary N) is 1. The number of hydrogen-bond donors (Lipinski definition) is 2. The van der Waals surface area contributed by atoms with Gasteiger partial charge in [-0.15, -0.1) is 0 Å². The molecular formula is C11H16ClN3O. The van der Waals surface area contributed by atoms with E-state index in [0.29, 0.717) is 22.6 Å². The van der Waals surface area contributed by atoms with Gasteiger partial charge >= 0.3 is 0 Å². The normalized spacial score (nSPS) is 19.9. The Bertz CT molecular complexity index is 353. The number of anilines is 2. The average Bonchev–Trinajstić information content (AvgIpc) is 2.74. The van der Waals surface area contributed by atoms with Crippen LogP contribution in [0.4, 0.5) is 11.5 Å². The lowest BCUT2D eigenvalue weighted by Gasteiger charge is -2.11. The van der Waals surface area contributed by atoms with Crippen molar-refractivity contribution in [3.05, 3.63) is 17.3 Å². The van der Waals surface area contributed by atoms with E-state index in [0.717, 1.165) is 26.0 Å². The van der Waals surface area contributed by atoms with Crippen LogP contribution < -0.4 is 11.1 Å². The van der Waals surface area contributed by atoms with Crippen molar-refractivity contribution in [1.82, 2.24) is 4.98 Å². The van der Waals surface area contributed by atoms with Gasteiger partial charge < -0.3 is 15.8 Å². The lowest BCUT2D eigenvalue weighted by atomic mass is 10.2. The number of ether oxygens (including phenoxy) is 1. The van der Waals surface area contributed by atoms with Crippen molar-refractivity contribution >= 4 is 23.1 Å². The Balaban J connectivity index is 1.80. The molecule has 3 N–H and O–H groups in total. The number of halogens is 1. The van der Waals surface area contributed by atoms with Crippen molar-refractivity contribution in [3.63, 3.8) is 0 Å². The molecule has 1 unspecified atom stereocenters. The Labute approximate surface area is 100 Å². The highest BCUT2D eigenvalue weighted by atomic mass is 35.5. The Hall–Kier alpha value is -1.00. The van der Waals surface area contributed by atoms with Gasteiger partial charge in [0.2, 0.25) is 0 Å². The Kier molecular flexibility index (Phi) is 3.85. The van der Waals surface area contributed by atoms with E-state index < -0.39 is 0 Å². The van der Waals surface area contributed by atoms with E-state index in [1.165, 1.54) is 6.42 Å². The van der Waals surface area contributed by atoms with Crippen LogP contribution >= 0.6 is 11.6 Å². The first-order valence-electron chi connectivity index (χ1n) is 5.52. The number of pyridine rings is 1. The number of nitrogens with zero attached hydrogens (tertiary/aromatic N) is 1. The molecule has 1 saturated heterocycles. The monoisotopic (exact) mass is 241 g/mol. The molecule has 5 heteroatoms. The summed E-state index contributed by atoms with van der Waals surface area (Å²) in [5.74, 6) is 0.689. The molecule has 0 amide bonds. The van der Waals surface area contributed by atoms with Gasteiger partial charge in [-0.3, -0.25) is 0 Å². The number of nitrogens with two attached hydrogens (primary N) is 1. The molecule has 1 aliphatic heterocycles. The highest BCUT2D eigenvalue weighted by molar-refractivity contribution is 6.33. The summed E-state index contributed by atoms with van der Waals surface area (Å²) in [6.07, 6.45) is 5.30. The van der Waals surface area contributed by atoms with E-state index >= 15 is 0 Å². The molecule has 0 aliphatic carbocycles. The molecule has 4 nitrogen and oxygen atoms in total. The molecular weight excluding hydrogens is 226 g/mol. The maximum absolute atomic E-state index is 5.99. The molecule has 1 fully saturated rings. The third-order valence-electron chi connectivity index (χ3n) is 2.65. The number of hydrogen-bond acceptors (Lipinski definition) is 4. The van der Waals surface area contributed by atoms with Gasteiger partial charge in [-0.1, -0.05) is 11.6 Å². The summed E-state index contributed by atoms with van der Waals surface area (Å²) in [4.78, 5) is 4.13. The summed E-state index contributed by atoms with van der Waals surface area (Å²) in [6.45, 7) is 1.72. The molecule has 0 bridgehead atoms. The van der Waals surface area contributed by atoms with Crippen molar-refractivity contribution < 1.29 is 4.74 Å². The van der Waals surface area contributed by atoms with Gasteiger partial charge in [0.05, 0.1) is 23.0 Å². The van der Waals surface area contributed by atoms with Gasteiger partial charge in [-0.25, -0.2) is 4.98 Å². The summed E-state index contributed by atoms with van der Waals surface area (Å²) >= 11 is 5.99. The predicted molar refractivity (Wildman–Crippen MR) is 65.7 cm³/mol. The first kappa shape index (κ1) is 11.5. The molecule has 1 aromatic heterocycles. The van der Waals surface area contributed by atoms with Crippen molar-refractivity contribution in [3.8, 4) is 0 Å². The zero-order chi connectivity index (χ0) is 11.4. The van der Waals surface area contributed by atoms with Crippen LogP contribution in [-0.4, -0.2) is 24.2 Å².